The lowest BCUT2D eigenvalue weighted by Crippen LogP contribution is -2.37. The third-order valence-electron chi connectivity index (χ3n) is 4.49. The molecule has 1 amide bonds. The molecule has 132 valence electrons. The minimum Gasteiger partial charge on any atom is -0.384 e. The summed E-state index contributed by atoms with van der Waals surface area (Å²) in [5.41, 5.74) is 1.02. The lowest BCUT2D eigenvalue weighted by molar-refractivity contribution is -0.135. The topological polar surface area (TPSA) is 71.5 Å². The molecule has 2 aromatic rings. The van der Waals surface area contributed by atoms with Crippen LogP contribution >= 0.6 is 0 Å². The van der Waals surface area contributed by atoms with Gasteiger partial charge in [-0.3, -0.25) is 9.78 Å². The number of rotatable bonds is 6. The van der Waals surface area contributed by atoms with Crippen LogP contribution in [0, 0.1) is 11.8 Å². The van der Waals surface area contributed by atoms with Crippen molar-refractivity contribution in [1.29, 1.82) is 0 Å². The van der Waals surface area contributed by atoms with Crippen molar-refractivity contribution in [3.05, 3.63) is 48.5 Å². The van der Waals surface area contributed by atoms with Gasteiger partial charge < -0.3 is 14.5 Å². The van der Waals surface area contributed by atoms with Crippen LogP contribution in [0.4, 0.5) is 5.95 Å². The predicted octanol–water partition coefficient (Wildman–Crippen LogP) is 1.23. The zero-order valence-corrected chi connectivity index (χ0v) is 14.6. The van der Waals surface area contributed by atoms with Crippen molar-refractivity contribution in [3.63, 3.8) is 0 Å². The minimum atomic E-state index is -0.134. The number of nitrogens with zero attached hydrogens (tertiary/aromatic N) is 5. The van der Waals surface area contributed by atoms with E-state index in [0.29, 0.717) is 25.6 Å². The van der Waals surface area contributed by atoms with Gasteiger partial charge in [0.1, 0.15) is 0 Å². The van der Waals surface area contributed by atoms with E-state index in [1.54, 1.807) is 42.9 Å². The van der Waals surface area contributed by atoms with Gasteiger partial charge in [0.05, 0.1) is 12.5 Å². The summed E-state index contributed by atoms with van der Waals surface area (Å²) in [6, 6.07) is 5.64. The molecule has 0 radical (unpaired) electrons. The molecule has 3 rings (SSSR count). The highest BCUT2D eigenvalue weighted by Gasteiger charge is 2.39. The average molecular weight is 341 g/mol. The Kier molecular flexibility index (Phi) is 5.55. The first-order valence-corrected chi connectivity index (χ1v) is 8.34. The highest BCUT2D eigenvalue weighted by molar-refractivity contribution is 5.80. The summed E-state index contributed by atoms with van der Waals surface area (Å²) in [5.74, 6) is 0.765. The number of pyridine rings is 1. The first-order valence-electron chi connectivity index (χ1n) is 8.34. The molecule has 0 N–H and O–H groups in total. The van der Waals surface area contributed by atoms with Crippen molar-refractivity contribution in [2.75, 3.05) is 38.8 Å². The van der Waals surface area contributed by atoms with Crippen molar-refractivity contribution in [3.8, 4) is 0 Å². The van der Waals surface area contributed by atoms with Crippen molar-refractivity contribution < 1.29 is 9.53 Å². The lowest BCUT2D eigenvalue weighted by atomic mass is 9.95. The zero-order valence-electron chi connectivity index (χ0n) is 14.6. The molecule has 0 aliphatic carbocycles. The van der Waals surface area contributed by atoms with Crippen LogP contribution in [-0.4, -0.2) is 59.6 Å². The van der Waals surface area contributed by atoms with Gasteiger partial charge in [-0.25, -0.2) is 9.97 Å². The molecular weight excluding hydrogens is 318 g/mol. The Morgan fingerprint density at radius 3 is 2.76 bits per heavy atom. The molecule has 1 aliphatic rings. The number of methoxy groups -OCH3 is 1. The maximum Gasteiger partial charge on any atom is 0.227 e. The van der Waals surface area contributed by atoms with Crippen LogP contribution in [0.1, 0.15) is 5.56 Å². The standard InChI is InChI=1S/C18H23N5O2/c1-22(10-14-5-3-6-19-9-14)17(24)16-12-23(11-15(16)13-25-2)18-20-7-4-8-21-18/h3-9,15-16H,10-13H2,1-2H3/t15-,16+/m0/s1. The number of anilines is 1. The largest absolute Gasteiger partial charge is 0.384 e. The van der Waals surface area contributed by atoms with Gasteiger partial charge in [-0.1, -0.05) is 6.07 Å². The van der Waals surface area contributed by atoms with E-state index in [1.807, 2.05) is 19.2 Å². The van der Waals surface area contributed by atoms with E-state index in [9.17, 15) is 4.79 Å². The van der Waals surface area contributed by atoms with Gasteiger partial charge in [-0.15, -0.1) is 0 Å². The number of ether oxygens (including phenoxy) is 1. The third-order valence-corrected chi connectivity index (χ3v) is 4.49. The number of hydrogen-bond acceptors (Lipinski definition) is 6. The Hall–Kier alpha value is -2.54. The average Bonchev–Trinajstić information content (AvgIpc) is 3.07. The van der Waals surface area contributed by atoms with E-state index < -0.39 is 0 Å². The molecule has 7 heteroatoms. The Bertz CT molecular complexity index is 682. The van der Waals surface area contributed by atoms with Gasteiger partial charge in [0.25, 0.3) is 0 Å². The molecule has 3 heterocycles. The molecule has 1 saturated heterocycles. The van der Waals surface area contributed by atoms with Gasteiger partial charge in [0, 0.05) is 64.5 Å². The Morgan fingerprint density at radius 1 is 1.28 bits per heavy atom. The third kappa shape index (κ3) is 4.11. The quantitative estimate of drug-likeness (QED) is 0.787. The fourth-order valence-corrected chi connectivity index (χ4v) is 3.28. The van der Waals surface area contributed by atoms with Crippen molar-refractivity contribution in [2.24, 2.45) is 11.8 Å². The van der Waals surface area contributed by atoms with E-state index >= 15 is 0 Å². The van der Waals surface area contributed by atoms with Gasteiger partial charge in [-0.2, -0.15) is 0 Å². The van der Waals surface area contributed by atoms with E-state index in [2.05, 4.69) is 19.9 Å². The molecule has 7 nitrogen and oxygen atoms in total. The summed E-state index contributed by atoms with van der Waals surface area (Å²) in [7, 11) is 3.50. The molecule has 0 unspecified atom stereocenters. The molecule has 0 saturated carbocycles. The Morgan fingerprint density at radius 2 is 2.08 bits per heavy atom. The van der Waals surface area contributed by atoms with Gasteiger partial charge in [-0.05, 0) is 17.7 Å². The monoisotopic (exact) mass is 341 g/mol. The molecule has 1 fully saturated rings. The SMILES string of the molecule is COC[C@@H]1CN(c2ncccn2)C[C@H]1C(=O)N(C)Cc1cccnc1. The fourth-order valence-electron chi connectivity index (χ4n) is 3.28. The van der Waals surface area contributed by atoms with Crippen molar-refractivity contribution in [1.82, 2.24) is 19.9 Å². The summed E-state index contributed by atoms with van der Waals surface area (Å²) >= 11 is 0. The number of aromatic nitrogens is 3. The van der Waals surface area contributed by atoms with E-state index in [-0.39, 0.29) is 17.7 Å². The highest BCUT2D eigenvalue weighted by Crippen LogP contribution is 2.28. The van der Waals surface area contributed by atoms with Crippen LogP contribution < -0.4 is 4.90 Å². The first-order chi connectivity index (χ1) is 12.2. The summed E-state index contributed by atoms with van der Waals surface area (Å²) in [4.78, 5) is 29.5. The number of hydrogen-bond donors (Lipinski definition) is 0. The summed E-state index contributed by atoms with van der Waals surface area (Å²) in [6.45, 7) is 2.41. The molecular formula is C18H23N5O2. The van der Waals surface area contributed by atoms with Gasteiger partial charge in [0.15, 0.2) is 0 Å². The van der Waals surface area contributed by atoms with Crippen molar-refractivity contribution in [2.45, 2.75) is 6.54 Å². The second-order valence-corrected chi connectivity index (χ2v) is 6.33. The smallest absolute Gasteiger partial charge is 0.227 e. The summed E-state index contributed by atoms with van der Waals surface area (Å²) < 4.78 is 5.34. The van der Waals surface area contributed by atoms with Gasteiger partial charge >= 0.3 is 0 Å². The molecule has 0 aromatic carbocycles. The van der Waals surface area contributed by atoms with Crippen LogP contribution in [0.5, 0.6) is 0 Å². The van der Waals surface area contributed by atoms with Gasteiger partial charge in [0.2, 0.25) is 11.9 Å². The molecule has 2 aromatic heterocycles. The van der Waals surface area contributed by atoms with Crippen LogP contribution in [0.15, 0.2) is 43.0 Å². The Labute approximate surface area is 147 Å². The van der Waals surface area contributed by atoms with Crippen LogP contribution in [-0.2, 0) is 16.1 Å². The zero-order chi connectivity index (χ0) is 17.6. The highest BCUT2D eigenvalue weighted by atomic mass is 16.5. The predicted molar refractivity (Wildman–Crippen MR) is 93.8 cm³/mol. The molecule has 0 bridgehead atoms. The lowest BCUT2D eigenvalue weighted by Gasteiger charge is -2.24. The number of carbonyl (C=O) groups excluding carboxylic acids is 1. The first kappa shape index (κ1) is 17.3. The second-order valence-electron chi connectivity index (χ2n) is 6.33. The van der Waals surface area contributed by atoms with Crippen LogP contribution in [0.3, 0.4) is 0 Å². The maximum absolute atomic E-state index is 13.0. The van der Waals surface area contributed by atoms with E-state index in [4.69, 9.17) is 4.74 Å². The van der Waals surface area contributed by atoms with E-state index in [1.165, 1.54) is 0 Å². The number of amides is 1. The summed E-state index contributed by atoms with van der Waals surface area (Å²) in [5, 5.41) is 0. The fraction of sp³-hybridized carbons (Fsp3) is 0.444. The van der Waals surface area contributed by atoms with Crippen LogP contribution in [0.2, 0.25) is 0 Å². The molecule has 25 heavy (non-hydrogen) atoms. The van der Waals surface area contributed by atoms with Crippen molar-refractivity contribution >= 4 is 11.9 Å². The second kappa shape index (κ2) is 8.02. The van der Waals surface area contributed by atoms with E-state index in [0.717, 1.165) is 12.1 Å². The maximum atomic E-state index is 13.0. The minimum absolute atomic E-state index is 0.115. The molecule has 2 atom stereocenters. The van der Waals surface area contributed by atoms with Crippen LogP contribution in [0.25, 0.3) is 0 Å². The molecule has 1 aliphatic heterocycles. The number of carbonyl (C=O) groups is 1. The Balaban J connectivity index is 1.70. The normalized spacial score (nSPS) is 19.8. The molecule has 0 spiro atoms. The summed E-state index contributed by atoms with van der Waals surface area (Å²) in [6.07, 6.45) is 6.96.